The molecule has 0 spiro atoms. The van der Waals surface area contributed by atoms with Crippen LogP contribution in [0.1, 0.15) is 11.1 Å². The molecule has 1 aromatic rings. The standard InChI is InChI=1S/C12H15NO/c1-10-6-7-12(14-3)9-11(10)5-4-8-13-2/h6-7,9,13H,8H2,1-3H3. The summed E-state index contributed by atoms with van der Waals surface area (Å²) in [7, 11) is 3.54. The fourth-order valence-electron chi connectivity index (χ4n) is 1.09. The highest BCUT2D eigenvalue weighted by molar-refractivity contribution is 5.45. The Balaban J connectivity index is 2.91. The zero-order valence-electron chi connectivity index (χ0n) is 8.85. The monoisotopic (exact) mass is 189 g/mol. The van der Waals surface area contributed by atoms with E-state index in [1.807, 2.05) is 32.2 Å². The number of rotatable bonds is 2. The molecule has 0 atom stereocenters. The van der Waals surface area contributed by atoms with E-state index in [0.717, 1.165) is 11.3 Å². The third-order valence-corrected chi connectivity index (χ3v) is 1.93. The van der Waals surface area contributed by atoms with Crippen molar-refractivity contribution in [3.8, 4) is 17.6 Å². The second-order valence-electron chi connectivity index (χ2n) is 3.01. The first kappa shape index (κ1) is 10.6. The van der Waals surface area contributed by atoms with E-state index in [2.05, 4.69) is 17.2 Å². The molecule has 74 valence electrons. The minimum absolute atomic E-state index is 0.705. The van der Waals surface area contributed by atoms with Crippen LogP contribution in [0.4, 0.5) is 0 Å². The minimum Gasteiger partial charge on any atom is -0.497 e. The summed E-state index contributed by atoms with van der Waals surface area (Å²) in [6, 6.07) is 5.92. The maximum absolute atomic E-state index is 5.13. The van der Waals surface area contributed by atoms with Crippen LogP contribution in [-0.4, -0.2) is 20.7 Å². The molecule has 0 aliphatic carbocycles. The molecule has 0 saturated heterocycles. The van der Waals surface area contributed by atoms with E-state index < -0.39 is 0 Å². The van der Waals surface area contributed by atoms with Gasteiger partial charge in [0.15, 0.2) is 0 Å². The molecular weight excluding hydrogens is 174 g/mol. The van der Waals surface area contributed by atoms with Gasteiger partial charge in [-0.1, -0.05) is 17.9 Å². The van der Waals surface area contributed by atoms with Gasteiger partial charge in [-0.2, -0.15) is 0 Å². The Kier molecular flexibility index (Phi) is 4.03. The van der Waals surface area contributed by atoms with Crippen LogP contribution < -0.4 is 10.1 Å². The lowest BCUT2D eigenvalue weighted by atomic mass is 10.1. The predicted octanol–water partition coefficient (Wildman–Crippen LogP) is 1.57. The van der Waals surface area contributed by atoms with Crippen LogP contribution in [0.2, 0.25) is 0 Å². The van der Waals surface area contributed by atoms with E-state index in [1.165, 1.54) is 5.56 Å². The van der Waals surface area contributed by atoms with Gasteiger partial charge in [-0.3, -0.25) is 0 Å². The van der Waals surface area contributed by atoms with Gasteiger partial charge in [0.1, 0.15) is 5.75 Å². The second-order valence-corrected chi connectivity index (χ2v) is 3.01. The van der Waals surface area contributed by atoms with Crippen molar-refractivity contribution < 1.29 is 4.74 Å². The van der Waals surface area contributed by atoms with Crippen LogP contribution in [0.5, 0.6) is 5.75 Å². The Hall–Kier alpha value is -1.46. The third kappa shape index (κ3) is 2.79. The van der Waals surface area contributed by atoms with Crippen LogP contribution in [0.3, 0.4) is 0 Å². The van der Waals surface area contributed by atoms with Crippen molar-refractivity contribution in [2.45, 2.75) is 6.92 Å². The Bertz CT molecular complexity index is 360. The molecule has 1 N–H and O–H groups in total. The van der Waals surface area contributed by atoms with Gasteiger partial charge < -0.3 is 10.1 Å². The fraction of sp³-hybridized carbons (Fsp3) is 0.333. The third-order valence-electron chi connectivity index (χ3n) is 1.93. The maximum atomic E-state index is 5.13. The average Bonchev–Trinajstić information content (AvgIpc) is 2.21. The molecule has 0 amide bonds. The second kappa shape index (κ2) is 5.31. The highest BCUT2D eigenvalue weighted by Gasteiger charge is 1.96. The lowest BCUT2D eigenvalue weighted by Gasteiger charge is -2.02. The van der Waals surface area contributed by atoms with Crippen LogP contribution in [0.15, 0.2) is 18.2 Å². The molecule has 0 aliphatic heterocycles. The van der Waals surface area contributed by atoms with E-state index in [4.69, 9.17) is 4.74 Å². The van der Waals surface area contributed by atoms with Gasteiger partial charge in [-0.05, 0) is 31.7 Å². The summed E-state index contributed by atoms with van der Waals surface area (Å²) in [5, 5.41) is 2.98. The van der Waals surface area contributed by atoms with Crippen molar-refractivity contribution in [3.63, 3.8) is 0 Å². The molecule has 1 aromatic carbocycles. The first-order valence-electron chi connectivity index (χ1n) is 4.56. The number of ether oxygens (including phenoxy) is 1. The Morgan fingerprint density at radius 1 is 1.43 bits per heavy atom. The van der Waals surface area contributed by atoms with Crippen LogP contribution in [0.25, 0.3) is 0 Å². The molecule has 0 aromatic heterocycles. The fourth-order valence-corrected chi connectivity index (χ4v) is 1.09. The molecular formula is C12H15NO. The average molecular weight is 189 g/mol. The number of hydrogen-bond acceptors (Lipinski definition) is 2. The van der Waals surface area contributed by atoms with E-state index in [1.54, 1.807) is 7.11 Å². The number of hydrogen-bond donors (Lipinski definition) is 1. The smallest absolute Gasteiger partial charge is 0.120 e. The summed E-state index contributed by atoms with van der Waals surface area (Å²) in [6.07, 6.45) is 0. The van der Waals surface area contributed by atoms with Gasteiger partial charge in [-0.15, -0.1) is 0 Å². The molecule has 14 heavy (non-hydrogen) atoms. The normalized spacial score (nSPS) is 9.07. The Labute approximate surface area is 85.3 Å². The van der Waals surface area contributed by atoms with Crippen LogP contribution in [0, 0.1) is 18.8 Å². The topological polar surface area (TPSA) is 21.3 Å². The molecule has 2 heteroatoms. The van der Waals surface area contributed by atoms with Crippen molar-refractivity contribution in [3.05, 3.63) is 29.3 Å². The summed E-state index contributed by atoms with van der Waals surface area (Å²) < 4.78 is 5.13. The first-order valence-corrected chi connectivity index (χ1v) is 4.56. The van der Waals surface area contributed by atoms with Crippen molar-refractivity contribution in [2.75, 3.05) is 20.7 Å². The van der Waals surface area contributed by atoms with Gasteiger partial charge in [0.2, 0.25) is 0 Å². The van der Waals surface area contributed by atoms with Crippen molar-refractivity contribution in [2.24, 2.45) is 0 Å². The SMILES string of the molecule is CNCC#Cc1cc(OC)ccc1C. The number of nitrogens with one attached hydrogen (secondary N) is 1. The lowest BCUT2D eigenvalue weighted by Crippen LogP contribution is -2.04. The van der Waals surface area contributed by atoms with Gasteiger partial charge in [0.05, 0.1) is 13.7 Å². The van der Waals surface area contributed by atoms with Gasteiger partial charge >= 0.3 is 0 Å². The summed E-state index contributed by atoms with van der Waals surface area (Å²) in [5.74, 6) is 6.97. The largest absolute Gasteiger partial charge is 0.497 e. The Morgan fingerprint density at radius 3 is 2.86 bits per heavy atom. The van der Waals surface area contributed by atoms with Crippen LogP contribution in [-0.2, 0) is 0 Å². The van der Waals surface area contributed by atoms with Gasteiger partial charge in [0, 0.05) is 5.56 Å². The molecule has 0 heterocycles. The molecule has 0 bridgehead atoms. The number of aryl methyl sites for hydroxylation is 1. The quantitative estimate of drug-likeness (QED) is 0.713. The van der Waals surface area contributed by atoms with Crippen molar-refractivity contribution in [1.82, 2.24) is 5.32 Å². The molecule has 0 unspecified atom stereocenters. The number of methoxy groups -OCH3 is 1. The van der Waals surface area contributed by atoms with Crippen molar-refractivity contribution >= 4 is 0 Å². The van der Waals surface area contributed by atoms with Gasteiger partial charge in [0.25, 0.3) is 0 Å². The lowest BCUT2D eigenvalue weighted by molar-refractivity contribution is 0.414. The summed E-state index contributed by atoms with van der Waals surface area (Å²) in [5.41, 5.74) is 2.20. The summed E-state index contributed by atoms with van der Waals surface area (Å²) in [4.78, 5) is 0. The van der Waals surface area contributed by atoms with E-state index in [0.29, 0.717) is 6.54 Å². The zero-order chi connectivity index (χ0) is 10.4. The maximum Gasteiger partial charge on any atom is 0.120 e. The molecule has 0 saturated carbocycles. The van der Waals surface area contributed by atoms with Crippen molar-refractivity contribution in [1.29, 1.82) is 0 Å². The molecule has 0 radical (unpaired) electrons. The number of benzene rings is 1. The zero-order valence-corrected chi connectivity index (χ0v) is 8.85. The van der Waals surface area contributed by atoms with E-state index in [-0.39, 0.29) is 0 Å². The Morgan fingerprint density at radius 2 is 2.21 bits per heavy atom. The molecule has 0 fully saturated rings. The minimum atomic E-state index is 0.705. The summed E-state index contributed by atoms with van der Waals surface area (Å²) in [6.45, 7) is 2.75. The molecule has 1 rings (SSSR count). The van der Waals surface area contributed by atoms with Crippen LogP contribution >= 0.6 is 0 Å². The highest BCUT2D eigenvalue weighted by Crippen LogP contribution is 2.15. The van der Waals surface area contributed by atoms with E-state index in [9.17, 15) is 0 Å². The first-order chi connectivity index (χ1) is 6.77. The summed E-state index contributed by atoms with van der Waals surface area (Å²) >= 11 is 0. The van der Waals surface area contributed by atoms with Gasteiger partial charge in [-0.25, -0.2) is 0 Å². The van der Waals surface area contributed by atoms with E-state index >= 15 is 0 Å². The molecule has 2 nitrogen and oxygen atoms in total. The highest BCUT2D eigenvalue weighted by atomic mass is 16.5. The predicted molar refractivity (Wildman–Crippen MR) is 58.5 cm³/mol. The molecule has 0 aliphatic rings.